The Morgan fingerprint density at radius 1 is 1.38 bits per heavy atom. The summed E-state index contributed by atoms with van der Waals surface area (Å²) in [5, 5.41) is 0. The Labute approximate surface area is 148 Å². The summed E-state index contributed by atoms with van der Waals surface area (Å²) in [6.07, 6.45) is 0. The minimum Gasteiger partial charge on any atom is -0.468 e. The molecule has 1 atom stereocenters. The van der Waals surface area contributed by atoms with Crippen LogP contribution in [0, 0.1) is 0 Å². The van der Waals surface area contributed by atoms with Crippen LogP contribution in [0.3, 0.4) is 0 Å². The van der Waals surface area contributed by atoms with Crippen molar-refractivity contribution >= 4 is 72.2 Å². The van der Waals surface area contributed by atoms with Gasteiger partial charge in [0.15, 0.2) is 4.84 Å². The topological polar surface area (TPSA) is 46.6 Å². The number of benzene rings is 1. The molecule has 0 fully saturated rings. The molecule has 0 spiro atoms. The van der Waals surface area contributed by atoms with E-state index in [4.69, 9.17) is 57.6 Å². The number of halogens is 4. The molecule has 0 aliphatic carbocycles. The first-order valence-electron chi connectivity index (χ1n) is 5.44. The SMILES string of the molecule is COC(=O)CN(C(Cl)(Cl)C(Cl)Cl)S(=O)(=S)c1ccccc1. The van der Waals surface area contributed by atoms with Crippen LogP contribution in [0.25, 0.3) is 0 Å². The molecule has 1 aromatic rings. The van der Waals surface area contributed by atoms with Gasteiger partial charge in [0.25, 0.3) is 0 Å². The highest BCUT2D eigenvalue weighted by Gasteiger charge is 2.45. The minimum absolute atomic E-state index is 0.253. The van der Waals surface area contributed by atoms with E-state index in [0.29, 0.717) is 0 Å². The van der Waals surface area contributed by atoms with Crippen molar-refractivity contribution in [3.8, 4) is 0 Å². The predicted octanol–water partition coefficient (Wildman–Crippen LogP) is 3.12. The van der Waals surface area contributed by atoms with E-state index in [1.54, 1.807) is 18.2 Å². The fraction of sp³-hybridized carbons (Fsp3) is 0.364. The van der Waals surface area contributed by atoms with Gasteiger partial charge in [0, 0.05) is 11.2 Å². The Morgan fingerprint density at radius 2 is 1.90 bits per heavy atom. The van der Waals surface area contributed by atoms with Crippen LogP contribution >= 0.6 is 46.4 Å². The van der Waals surface area contributed by atoms with Gasteiger partial charge in [-0.3, -0.25) is 4.79 Å². The van der Waals surface area contributed by atoms with Crippen molar-refractivity contribution in [2.75, 3.05) is 13.7 Å². The Bertz CT molecular complexity index is 593. The lowest BCUT2D eigenvalue weighted by atomic mass is 10.4. The van der Waals surface area contributed by atoms with E-state index < -0.39 is 30.5 Å². The molecule has 10 heteroatoms. The zero-order valence-electron chi connectivity index (χ0n) is 10.7. The number of hydrogen-bond acceptors (Lipinski definition) is 4. The van der Waals surface area contributed by atoms with Gasteiger partial charge in [-0.2, -0.15) is 4.31 Å². The quantitative estimate of drug-likeness (QED) is 0.410. The molecule has 0 saturated carbocycles. The van der Waals surface area contributed by atoms with E-state index in [1.165, 1.54) is 12.1 Å². The van der Waals surface area contributed by atoms with Gasteiger partial charge in [-0.15, -0.1) is 23.2 Å². The normalized spacial score (nSPS) is 15.0. The summed E-state index contributed by atoms with van der Waals surface area (Å²) >= 11 is 28.7. The summed E-state index contributed by atoms with van der Waals surface area (Å²) in [5.74, 6) is -0.733. The van der Waals surface area contributed by atoms with Crippen molar-refractivity contribution in [1.29, 1.82) is 0 Å². The molecule has 0 radical (unpaired) electrons. The number of methoxy groups -OCH3 is 1. The van der Waals surface area contributed by atoms with Gasteiger partial charge in [0.2, 0.25) is 4.46 Å². The lowest BCUT2D eigenvalue weighted by Crippen LogP contribution is -2.50. The van der Waals surface area contributed by atoms with Crippen LogP contribution in [0.15, 0.2) is 35.2 Å². The molecule has 1 rings (SSSR count). The van der Waals surface area contributed by atoms with Gasteiger partial charge in [0.1, 0.15) is 15.2 Å². The molecular weight excluding hydrogens is 400 g/mol. The van der Waals surface area contributed by atoms with Crippen LogP contribution in [0.2, 0.25) is 0 Å². The van der Waals surface area contributed by atoms with Gasteiger partial charge in [-0.1, -0.05) is 41.4 Å². The van der Waals surface area contributed by atoms with E-state index in [0.717, 1.165) is 11.4 Å². The maximum Gasteiger partial charge on any atom is 0.321 e. The van der Waals surface area contributed by atoms with E-state index in [2.05, 4.69) is 4.74 Å². The van der Waals surface area contributed by atoms with E-state index in [9.17, 15) is 9.00 Å². The molecule has 0 N–H and O–H groups in total. The molecule has 0 aliphatic rings. The minimum atomic E-state index is -3.38. The van der Waals surface area contributed by atoms with Crippen molar-refractivity contribution in [3.05, 3.63) is 30.3 Å². The van der Waals surface area contributed by atoms with Crippen LogP contribution in [0.4, 0.5) is 0 Å². The summed E-state index contributed by atoms with van der Waals surface area (Å²) < 4.78 is 16.3. The second kappa shape index (κ2) is 7.64. The Kier molecular flexibility index (Phi) is 6.99. The molecule has 0 aromatic heterocycles. The van der Waals surface area contributed by atoms with Crippen molar-refractivity contribution in [2.45, 2.75) is 14.2 Å². The number of hydrogen-bond donors (Lipinski definition) is 0. The number of nitrogens with zero attached hydrogens (tertiary/aromatic N) is 1. The summed E-state index contributed by atoms with van der Waals surface area (Å²) in [7, 11) is -2.21. The number of carbonyl (C=O) groups is 1. The second-order valence-corrected chi connectivity index (χ2v) is 9.45. The zero-order valence-corrected chi connectivity index (χ0v) is 15.3. The Balaban J connectivity index is 3.34. The summed E-state index contributed by atoms with van der Waals surface area (Å²) in [6, 6.07) is 8.06. The summed E-state index contributed by atoms with van der Waals surface area (Å²) in [6.45, 7) is -0.531. The molecular formula is C11H11Cl4NO3S2. The van der Waals surface area contributed by atoms with Gasteiger partial charge in [0.05, 0.1) is 12.0 Å². The molecule has 0 bridgehead atoms. The van der Waals surface area contributed by atoms with Crippen LogP contribution in [-0.4, -0.2) is 37.4 Å². The van der Waals surface area contributed by atoms with E-state index in [1.807, 2.05) is 0 Å². The largest absolute Gasteiger partial charge is 0.468 e. The molecule has 1 unspecified atom stereocenters. The summed E-state index contributed by atoms with van der Waals surface area (Å²) in [4.78, 5) is 10.4. The molecule has 0 saturated heterocycles. The number of ether oxygens (including phenoxy) is 1. The Hall–Kier alpha value is 0.180. The van der Waals surface area contributed by atoms with Gasteiger partial charge in [-0.05, 0) is 12.1 Å². The van der Waals surface area contributed by atoms with Crippen molar-refractivity contribution < 1.29 is 13.7 Å². The predicted molar refractivity (Wildman–Crippen MR) is 88.9 cm³/mol. The van der Waals surface area contributed by atoms with Crippen LogP contribution < -0.4 is 0 Å². The Morgan fingerprint density at radius 3 is 2.33 bits per heavy atom. The van der Waals surface area contributed by atoms with Crippen LogP contribution in [0.5, 0.6) is 0 Å². The molecule has 118 valence electrons. The lowest BCUT2D eigenvalue weighted by Gasteiger charge is -2.35. The average molecular weight is 411 g/mol. The fourth-order valence-corrected chi connectivity index (χ4v) is 4.96. The smallest absolute Gasteiger partial charge is 0.321 e. The third kappa shape index (κ3) is 4.58. The molecule has 1 aromatic carbocycles. The summed E-state index contributed by atoms with van der Waals surface area (Å²) in [5.41, 5.74) is 0. The number of carbonyl (C=O) groups excluding carboxylic acids is 1. The zero-order chi connectivity index (χ0) is 16.3. The van der Waals surface area contributed by atoms with Crippen molar-refractivity contribution in [3.63, 3.8) is 0 Å². The highest BCUT2D eigenvalue weighted by atomic mass is 35.5. The first-order chi connectivity index (χ1) is 9.64. The molecule has 4 nitrogen and oxygen atoms in total. The van der Waals surface area contributed by atoms with Crippen LogP contribution in [-0.2, 0) is 29.4 Å². The highest BCUT2D eigenvalue weighted by Crippen LogP contribution is 2.39. The first-order valence-corrected chi connectivity index (χ1v) is 9.51. The van der Waals surface area contributed by atoms with Gasteiger partial charge < -0.3 is 4.74 Å². The van der Waals surface area contributed by atoms with Gasteiger partial charge in [-0.25, -0.2) is 4.21 Å². The number of rotatable bonds is 6. The standard InChI is InChI=1S/C11H11Cl4NO3S2/c1-19-9(17)7-16(11(14,15)10(12)13)21(18,20)8-5-3-2-4-6-8/h2-6,10H,7H2,1H3. The highest BCUT2D eigenvalue weighted by molar-refractivity contribution is 8.31. The van der Waals surface area contributed by atoms with E-state index in [-0.39, 0.29) is 4.90 Å². The maximum atomic E-state index is 12.9. The maximum absolute atomic E-state index is 12.9. The average Bonchev–Trinajstić information content (AvgIpc) is 2.44. The van der Waals surface area contributed by atoms with Gasteiger partial charge >= 0.3 is 5.97 Å². The number of alkyl halides is 4. The third-order valence-corrected chi connectivity index (χ3v) is 7.53. The molecule has 0 aliphatic heterocycles. The molecule has 0 amide bonds. The third-order valence-electron chi connectivity index (χ3n) is 2.43. The lowest BCUT2D eigenvalue weighted by molar-refractivity contribution is -0.141. The number of esters is 1. The second-order valence-electron chi connectivity index (χ2n) is 3.79. The van der Waals surface area contributed by atoms with Crippen molar-refractivity contribution in [1.82, 2.24) is 4.31 Å². The molecule has 21 heavy (non-hydrogen) atoms. The first kappa shape index (κ1) is 19.2. The fourth-order valence-electron chi connectivity index (χ4n) is 1.36. The van der Waals surface area contributed by atoms with Crippen molar-refractivity contribution in [2.24, 2.45) is 0 Å². The van der Waals surface area contributed by atoms with Crippen LogP contribution in [0.1, 0.15) is 0 Å². The monoisotopic (exact) mass is 409 g/mol. The molecule has 0 heterocycles. The van der Waals surface area contributed by atoms with E-state index >= 15 is 0 Å².